The number of hydrogen-bond donors (Lipinski definition) is 1. The molecule has 0 bridgehead atoms. The van der Waals surface area contributed by atoms with Crippen LogP contribution in [0.15, 0.2) is 18.2 Å². The van der Waals surface area contributed by atoms with Gasteiger partial charge in [-0.05, 0) is 55.5 Å². The van der Waals surface area contributed by atoms with Crippen LogP contribution in [0.2, 0.25) is 0 Å². The maximum atomic E-state index is 13.4. The lowest BCUT2D eigenvalue weighted by Crippen LogP contribution is -2.21. The molecule has 0 aromatic heterocycles. The number of nitrogens with one attached hydrogen (secondary N) is 1. The minimum absolute atomic E-state index is 0.132. The second-order valence-corrected chi connectivity index (χ2v) is 5.14. The summed E-state index contributed by atoms with van der Waals surface area (Å²) in [5.74, 6) is 0.554. The van der Waals surface area contributed by atoms with Crippen LogP contribution in [0, 0.1) is 18.7 Å². The Kier molecular flexibility index (Phi) is 5.63. The zero-order valence-electron chi connectivity index (χ0n) is 11.4. The number of halogens is 1. The highest BCUT2D eigenvalue weighted by Gasteiger charge is 2.12. The van der Waals surface area contributed by atoms with E-state index in [1.807, 2.05) is 6.92 Å². The first-order valence-corrected chi connectivity index (χ1v) is 6.53. The SMILES string of the molecule is CCNC(CCC(C)C)c1cc(C)cc(F)c1. The van der Waals surface area contributed by atoms with Gasteiger partial charge in [-0.1, -0.05) is 26.8 Å². The zero-order valence-corrected chi connectivity index (χ0v) is 11.4. The van der Waals surface area contributed by atoms with E-state index >= 15 is 0 Å². The van der Waals surface area contributed by atoms with Gasteiger partial charge in [0.05, 0.1) is 0 Å². The first-order valence-electron chi connectivity index (χ1n) is 6.53. The molecule has 1 N–H and O–H groups in total. The normalized spacial score (nSPS) is 13.1. The fourth-order valence-corrected chi connectivity index (χ4v) is 2.10. The quantitative estimate of drug-likeness (QED) is 0.781. The molecule has 17 heavy (non-hydrogen) atoms. The van der Waals surface area contributed by atoms with Crippen molar-refractivity contribution in [3.05, 3.63) is 35.1 Å². The van der Waals surface area contributed by atoms with Gasteiger partial charge in [0, 0.05) is 6.04 Å². The summed E-state index contributed by atoms with van der Waals surface area (Å²) >= 11 is 0. The van der Waals surface area contributed by atoms with Gasteiger partial charge in [-0.2, -0.15) is 0 Å². The van der Waals surface area contributed by atoms with Crippen LogP contribution in [0.4, 0.5) is 4.39 Å². The van der Waals surface area contributed by atoms with Crippen LogP contribution in [0.5, 0.6) is 0 Å². The van der Waals surface area contributed by atoms with E-state index in [4.69, 9.17) is 0 Å². The van der Waals surface area contributed by atoms with Crippen molar-refractivity contribution in [2.45, 2.75) is 46.6 Å². The largest absolute Gasteiger partial charge is 0.310 e. The average molecular weight is 237 g/mol. The van der Waals surface area contributed by atoms with E-state index in [1.165, 1.54) is 0 Å². The molecule has 0 saturated heterocycles. The molecule has 0 aliphatic heterocycles. The average Bonchev–Trinajstić information content (AvgIpc) is 2.22. The van der Waals surface area contributed by atoms with Gasteiger partial charge in [-0.3, -0.25) is 0 Å². The monoisotopic (exact) mass is 237 g/mol. The molecule has 0 spiro atoms. The number of hydrogen-bond acceptors (Lipinski definition) is 1. The molecular formula is C15H24FN. The molecule has 1 unspecified atom stereocenters. The molecule has 2 heteroatoms. The Bertz CT molecular complexity index is 327. The van der Waals surface area contributed by atoms with Gasteiger partial charge in [0.2, 0.25) is 0 Å². The molecule has 1 aromatic rings. The van der Waals surface area contributed by atoms with Crippen molar-refractivity contribution in [2.75, 3.05) is 6.54 Å². The summed E-state index contributed by atoms with van der Waals surface area (Å²) in [7, 11) is 0. The topological polar surface area (TPSA) is 12.0 Å². The Labute approximate surface area is 104 Å². The molecule has 0 fully saturated rings. The lowest BCUT2D eigenvalue weighted by molar-refractivity contribution is 0.446. The molecule has 0 amide bonds. The second kappa shape index (κ2) is 6.75. The van der Waals surface area contributed by atoms with E-state index in [1.54, 1.807) is 12.1 Å². The summed E-state index contributed by atoms with van der Waals surface area (Å²) in [5, 5.41) is 3.44. The third-order valence-corrected chi connectivity index (χ3v) is 2.95. The molecule has 0 aliphatic rings. The van der Waals surface area contributed by atoms with Crippen LogP contribution >= 0.6 is 0 Å². The minimum atomic E-state index is -0.132. The molecule has 0 heterocycles. The van der Waals surface area contributed by atoms with Gasteiger partial charge in [0.1, 0.15) is 5.82 Å². The predicted octanol–water partition coefficient (Wildman–Crippen LogP) is 4.22. The van der Waals surface area contributed by atoms with Crippen LogP contribution in [0.25, 0.3) is 0 Å². The molecule has 96 valence electrons. The highest BCUT2D eigenvalue weighted by molar-refractivity contribution is 5.26. The smallest absolute Gasteiger partial charge is 0.123 e. The standard InChI is InChI=1S/C15H24FN/c1-5-17-15(7-6-11(2)3)13-8-12(4)9-14(16)10-13/h8-11,15,17H,5-7H2,1-4H3. The second-order valence-electron chi connectivity index (χ2n) is 5.14. The van der Waals surface area contributed by atoms with Crippen LogP contribution in [-0.4, -0.2) is 6.54 Å². The van der Waals surface area contributed by atoms with Gasteiger partial charge >= 0.3 is 0 Å². The van der Waals surface area contributed by atoms with Crippen molar-refractivity contribution in [1.29, 1.82) is 0 Å². The molecule has 0 saturated carbocycles. The summed E-state index contributed by atoms with van der Waals surface area (Å²) in [6.07, 6.45) is 2.22. The van der Waals surface area contributed by atoms with E-state index in [-0.39, 0.29) is 11.9 Å². The van der Waals surface area contributed by atoms with Gasteiger partial charge in [0.15, 0.2) is 0 Å². The fraction of sp³-hybridized carbons (Fsp3) is 0.600. The Hall–Kier alpha value is -0.890. The van der Waals surface area contributed by atoms with Gasteiger partial charge < -0.3 is 5.32 Å². The predicted molar refractivity (Wildman–Crippen MR) is 71.6 cm³/mol. The Morgan fingerprint density at radius 1 is 1.18 bits per heavy atom. The van der Waals surface area contributed by atoms with Crippen molar-refractivity contribution >= 4 is 0 Å². The lowest BCUT2D eigenvalue weighted by atomic mass is 9.96. The Morgan fingerprint density at radius 2 is 1.88 bits per heavy atom. The maximum absolute atomic E-state index is 13.4. The molecule has 1 rings (SSSR count). The third-order valence-electron chi connectivity index (χ3n) is 2.95. The lowest BCUT2D eigenvalue weighted by Gasteiger charge is -2.20. The summed E-state index contributed by atoms with van der Waals surface area (Å²) in [4.78, 5) is 0. The summed E-state index contributed by atoms with van der Waals surface area (Å²) in [6.45, 7) is 9.39. The van der Waals surface area contributed by atoms with Crippen molar-refractivity contribution in [3.8, 4) is 0 Å². The highest BCUT2D eigenvalue weighted by Crippen LogP contribution is 2.22. The summed E-state index contributed by atoms with van der Waals surface area (Å²) in [6, 6.07) is 5.59. The highest BCUT2D eigenvalue weighted by atomic mass is 19.1. The molecule has 1 atom stereocenters. The van der Waals surface area contributed by atoms with E-state index in [2.05, 4.69) is 32.2 Å². The van der Waals surface area contributed by atoms with Crippen molar-refractivity contribution < 1.29 is 4.39 Å². The molecule has 1 nitrogen and oxygen atoms in total. The molecule has 1 aromatic carbocycles. The number of benzene rings is 1. The van der Waals surface area contributed by atoms with Crippen molar-refractivity contribution in [1.82, 2.24) is 5.32 Å². The molecule has 0 radical (unpaired) electrons. The first-order chi connectivity index (χ1) is 8.02. The Balaban J connectivity index is 2.80. The van der Waals surface area contributed by atoms with E-state index in [0.29, 0.717) is 5.92 Å². The fourth-order valence-electron chi connectivity index (χ4n) is 2.10. The van der Waals surface area contributed by atoms with Gasteiger partial charge in [-0.15, -0.1) is 0 Å². The maximum Gasteiger partial charge on any atom is 0.123 e. The molecular weight excluding hydrogens is 213 g/mol. The van der Waals surface area contributed by atoms with Gasteiger partial charge in [0.25, 0.3) is 0 Å². The van der Waals surface area contributed by atoms with Gasteiger partial charge in [-0.25, -0.2) is 4.39 Å². The number of rotatable bonds is 6. The van der Waals surface area contributed by atoms with E-state index < -0.39 is 0 Å². The van der Waals surface area contributed by atoms with Crippen LogP contribution in [-0.2, 0) is 0 Å². The minimum Gasteiger partial charge on any atom is -0.310 e. The molecule has 0 aliphatic carbocycles. The first kappa shape index (κ1) is 14.2. The van der Waals surface area contributed by atoms with Crippen LogP contribution in [0.3, 0.4) is 0 Å². The third kappa shape index (κ3) is 4.86. The zero-order chi connectivity index (χ0) is 12.8. The summed E-state index contributed by atoms with van der Waals surface area (Å²) < 4.78 is 13.4. The number of aryl methyl sites for hydroxylation is 1. The van der Waals surface area contributed by atoms with Crippen LogP contribution < -0.4 is 5.32 Å². The summed E-state index contributed by atoms with van der Waals surface area (Å²) in [5.41, 5.74) is 2.07. The van der Waals surface area contributed by atoms with Crippen molar-refractivity contribution in [2.24, 2.45) is 5.92 Å². The Morgan fingerprint density at radius 3 is 2.41 bits per heavy atom. The van der Waals surface area contributed by atoms with E-state index in [0.717, 1.165) is 30.5 Å². The van der Waals surface area contributed by atoms with Crippen molar-refractivity contribution in [3.63, 3.8) is 0 Å². The van der Waals surface area contributed by atoms with E-state index in [9.17, 15) is 4.39 Å². The van der Waals surface area contributed by atoms with Crippen LogP contribution in [0.1, 0.15) is 50.8 Å².